The van der Waals surface area contributed by atoms with Gasteiger partial charge in [-0.25, -0.2) is 4.68 Å². The van der Waals surface area contributed by atoms with E-state index in [4.69, 9.17) is 11.6 Å². The lowest BCUT2D eigenvalue weighted by Gasteiger charge is -2.38. The molecule has 5 nitrogen and oxygen atoms in total. The fraction of sp³-hybridized carbons (Fsp3) is 0.412. The average Bonchev–Trinajstić information content (AvgIpc) is 2.87. The molecule has 3 rings (SSSR count). The molecule has 0 aliphatic carbocycles. The van der Waals surface area contributed by atoms with Gasteiger partial charge in [0.25, 0.3) is 5.91 Å². The molecule has 1 aliphatic heterocycles. The zero-order valence-corrected chi connectivity index (χ0v) is 14.4. The molecule has 1 amide bonds. The Morgan fingerprint density at radius 2 is 2.09 bits per heavy atom. The molecule has 1 fully saturated rings. The molecule has 0 bridgehead atoms. The first-order valence-electron chi connectivity index (χ1n) is 7.73. The van der Waals surface area contributed by atoms with Crippen molar-refractivity contribution < 1.29 is 4.79 Å². The number of aromatic nitrogens is 2. The highest BCUT2D eigenvalue weighted by atomic mass is 35.5. The van der Waals surface area contributed by atoms with Crippen molar-refractivity contribution in [1.82, 2.24) is 20.0 Å². The minimum atomic E-state index is -0.0763. The van der Waals surface area contributed by atoms with Crippen LogP contribution in [-0.4, -0.2) is 45.8 Å². The van der Waals surface area contributed by atoms with Gasteiger partial charge in [-0.15, -0.1) is 0 Å². The number of carbonyl (C=O) groups excluding carboxylic acids is 1. The largest absolute Gasteiger partial charge is 0.334 e. The minimum absolute atomic E-state index is 0.0251. The van der Waals surface area contributed by atoms with Gasteiger partial charge in [-0.3, -0.25) is 4.79 Å². The van der Waals surface area contributed by atoms with Gasteiger partial charge in [0.05, 0.1) is 10.7 Å². The second kappa shape index (κ2) is 5.98. The van der Waals surface area contributed by atoms with Crippen molar-refractivity contribution >= 4 is 17.5 Å². The van der Waals surface area contributed by atoms with Gasteiger partial charge >= 0.3 is 0 Å². The third-order valence-electron chi connectivity index (χ3n) is 4.06. The number of halogens is 1. The highest BCUT2D eigenvalue weighted by Gasteiger charge is 2.30. The molecule has 2 heterocycles. The number of nitrogens with one attached hydrogen (secondary N) is 1. The number of rotatable bonds is 2. The van der Waals surface area contributed by atoms with Crippen LogP contribution in [0, 0.1) is 6.92 Å². The molecule has 0 radical (unpaired) electrons. The average molecular weight is 333 g/mol. The number of amides is 1. The van der Waals surface area contributed by atoms with Gasteiger partial charge in [0.1, 0.15) is 0 Å². The van der Waals surface area contributed by atoms with E-state index in [-0.39, 0.29) is 11.4 Å². The molecule has 1 aliphatic rings. The highest BCUT2D eigenvalue weighted by Crippen LogP contribution is 2.21. The Hall–Kier alpha value is -1.85. The Labute approximate surface area is 141 Å². The predicted molar refractivity (Wildman–Crippen MR) is 91.3 cm³/mol. The van der Waals surface area contributed by atoms with E-state index in [1.807, 2.05) is 42.3 Å². The lowest BCUT2D eigenvalue weighted by atomic mass is 10.0. The molecule has 0 atom stereocenters. The number of nitrogens with zero attached hydrogens (tertiary/aromatic N) is 3. The molecule has 0 unspecified atom stereocenters. The molecule has 23 heavy (non-hydrogen) atoms. The van der Waals surface area contributed by atoms with Gasteiger partial charge in [0, 0.05) is 36.9 Å². The van der Waals surface area contributed by atoms with E-state index >= 15 is 0 Å². The summed E-state index contributed by atoms with van der Waals surface area (Å²) in [5.74, 6) is -0.0251. The Bertz CT molecular complexity index is 738. The summed E-state index contributed by atoms with van der Waals surface area (Å²) >= 11 is 6.22. The Balaban J connectivity index is 1.89. The molecule has 0 spiro atoms. The van der Waals surface area contributed by atoms with Gasteiger partial charge in [-0.05, 0) is 32.9 Å². The van der Waals surface area contributed by atoms with Crippen LogP contribution in [0.5, 0.6) is 0 Å². The van der Waals surface area contributed by atoms with Crippen LogP contribution < -0.4 is 5.32 Å². The van der Waals surface area contributed by atoms with Crippen LogP contribution in [0.1, 0.15) is 29.9 Å². The zero-order chi connectivity index (χ0) is 16.6. The summed E-state index contributed by atoms with van der Waals surface area (Å²) in [6.45, 7) is 8.26. The summed E-state index contributed by atoms with van der Waals surface area (Å²) in [6, 6.07) is 7.47. The van der Waals surface area contributed by atoms with Gasteiger partial charge in [0.2, 0.25) is 0 Å². The Kier molecular flexibility index (Phi) is 4.17. The van der Waals surface area contributed by atoms with E-state index in [0.29, 0.717) is 23.8 Å². The van der Waals surface area contributed by atoms with E-state index in [1.165, 1.54) is 0 Å². The molecule has 1 N–H and O–H groups in total. The van der Waals surface area contributed by atoms with E-state index in [0.717, 1.165) is 17.8 Å². The first-order valence-corrected chi connectivity index (χ1v) is 8.11. The zero-order valence-electron chi connectivity index (χ0n) is 13.6. The third kappa shape index (κ3) is 3.26. The van der Waals surface area contributed by atoms with Crippen LogP contribution in [-0.2, 0) is 0 Å². The molecule has 1 saturated heterocycles. The van der Waals surface area contributed by atoms with Crippen LogP contribution in [0.15, 0.2) is 30.5 Å². The predicted octanol–water partition coefficient (Wildman–Crippen LogP) is 2.66. The summed E-state index contributed by atoms with van der Waals surface area (Å²) in [4.78, 5) is 14.7. The van der Waals surface area contributed by atoms with Crippen LogP contribution >= 0.6 is 11.6 Å². The Morgan fingerprint density at radius 3 is 2.78 bits per heavy atom. The van der Waals surface area contributed by atoms with Gasteiger partial charge in [0.15, 0.2) is 5.69 Å². The SMILES string of the molecule is Cc1cn(-c2ccccc2Cl)nc1C(=O)N1CCNC(C)(C)C1. The van der Waals surface area contributed by atoms with Crippen LogP contribution in [0.3, 0.4) is 0 Å². The second-order valence-electron chi connectivity index (χ2n) is 6.59. The quantitative estimate of drug-likeness (QED) is 0.919. The van der Waals surface area contributed by atoms with Crippen molar-refractivity contribution in [3.8, 4) is 5.69 Å². The first-order chi connectivity index (χ1) is 10.9. The third-order valence-corrected chi connectivity index (χ3v) is 4.38. The van der Waals surface area contributed by atoms with Crippen molar-refractivity contribution in [3.05, 3.63) is 46.7 Å². The lowest BCUT2D eigenvalue weighted by molar-refractivity contribution is 0.0645. The summed E-state index contributed by atoms with van der Waals surface area (Å²) < 4.78 is 1.68. The summed E-state index contributed by atoms with van der Waals surface area (Å²) in [5, 5.41) is 8.50. The topological polar surface area (TPSA) is 50.2 Å². The summed E-state index contributed by atoms with van der Waals surface area (Å²) in [7, 11) is 0. The van der Waals surface area contributed by atoms with Crippen LogP contribution in [0.2, 0.25) is 5.02 Å². The monoisotopic (exact) mass is 332 g/mol. The van der Waals surface area contributed by atoms with Crippen LogP contribution in [0.25, 0.3) is 5.69 Å². The van der Waals surface area contributed by atoms with Gasteiger partial charge in [-0.1, -0.05) is 23.7 Å². The molecule has 1 aromatic carbocycles. The number of para-hydroxylation sites is 1. The highest BCUT2D eigenvalue weighted by molar-refractivity contribution is 6.32. The molecule has 122 valence electrons. The maximum atomic E-state index is 12.8. The summed E-state index contributed by atoms with van der Waals surface area (Å²) in [6.07, 6.45) is 1.85. The van der Waals surface area contributed by atoms with E-state index in [2.05, 4.69) is 24.3 Å². The van der Waals surface area contributed by atoms with Gasteiger partial charge in [-0.2, -0.15) is 5.10 Å². The van der Waals surface area contributed by atoms with Crippen molar-refractivity contribution in [3.63, 3.8) is 0 Å². The lowest BCUT2D eigenvalue weighted by Crippen LogP contribution is -2.58. The molecular weight excluding hydrogens is 312 g/mol. The molecule has 2 aromatic rings. The number of benzene rings is 1. The number of carbonyl (C=O) groups is 1. The van der Waals surface area contributed by atoms with E-state index in [9.17, 15) is 4.79 Å². The molecule has 0 saturated carbocycles. The first kappa shape index (κ1) is 16.0. The van der Waals surface area contributed by atoms with Crippen molar-refractivity contribution in [2.75, 3.05) is 19.6 Å². The van der Waals surface area contributed by atoms with Crippen molar-refractivity contribution in [2.45, 2.75) is 26.3 Å². The fourth-order valence-electron chi connectivity index (χ4n) is 2.90. The number of hydrogen-bond acceptors (Lipinski definition) is 3. The summed E-state index contributed by atoms with van der Waals surface area (Å²) in [5.41, 5.74) is 2.04. The smallest absolute Gasteiger partial charge is 0.274 e. The van der Waals surface area contributed by atoms with E-state index in [1.54, 1.807) is 4.68 Å². The maximum Gasteiger partial charge on any atom is 0.274 e. The normalized spacial score (nSPS) is 17.3. The number of hydrogen-bond donors (Lipinski definition) is 1. The molecular formula is C17H21ClN4O. The fourth-order valence-corrected chi connectivity index (χ4v) is 3.12. The maximum absolute atomic E-state index is 12.8. The number of aryl methyl sites for hydroxylation is 1. The van der Waals surface area contributed by atoms with Gasteiger partial charge < -0.3 is 10.2 Å². The molecule has 6 heteroatoms. The standard InChI is InChI=1S/C17H21ClN4O/c1-12-10-22(14-7-5-4-6-13(14)18)20-15(12)16(23)21-9-8-19-17(2,3)11-21/h4-7,10,19H,8-9,11H2,1-3H3. The second-order valence-corrected chi connectivity index (χ2v) is 7.00. The van der Waals surface area contributed by atoms with E-state index < -0.39 is 0 Å². The number of piperazine rings is 1. The minimum Gasteiger partial charge on any atom is -0.334 e. The van der Waals surface area contributed by atoms with Crippen molar-refractivity contribution in [2.24, 2.45) is 0 Å². The van der Waals surface area contributed by atoms with Crippen LogP contribution in [0.4, 0.5) is 0 Å². The molecule has 1 aromatic heterocycles. The van der Waals surface area contributed by atoms with Crippen molar-refractivity contribution in [1.29, 1.82) is 0 Å². The Morgan fingerprint density at radius 1 is 1.35 bits per heavy atom.